The van der Waals surface area contributed by atoms with Crippen molar-refractivity contribution in [1.82, 2.24) is 9.21 Å². The van der Waals surface area contributed by atoms with Crippen molar-refractivity contribution in [3.8, 4) is 0 Å². The summed E-state index contributed by atoms with van der Waals surface area (Å²) in [6.45, 7) is -0.435. The van der Waals surface area contributed by atoms with Crippen LogP contribution in [0.3, 0.4) is 0 Å². The standard InChI is InChI=1S/C16H20F2N2O5S/c1-19(26(24,25)13-6-4-12(17)5-7-13)9-2-3-14(21)20-10-8-16(18,11-20)15(22)23/h4-7H,2-3,8-11H2,1H3,(H,22,23). The summed E-state index contributed by atoms with van der Waals surface area (Å²) in [5.41, 5.74) is -2.42. The molecule has 0 aliphatic carbocycles. The van der Waals surface area contributed by atoms with E-state index < -0.39 is 39.9 Å². The summed E-state index contributed by atoms with van der Waals surface area (Å²) >= 11 is 0. The SMILES string of the molecule is CN(CCCC(=O)N1CCC(F)(C(=O)O)C1)S(=O)(=O)c1ccc(F)cc1. The Bertz CT molecular complexity index is 784. The van der Waals surface area contributed by atoms with Crippen molar-refractivity contribution in [2.75, 3.05) is 26.7 Å². The predicted octanol–water partition coefficient (Wildman–Crippen LogP) is 1.25. The number of rotatable bonds is 7. The summed E-state index contributed by atoms with van der Waals surface area (Å²) in [5.74, 6) is -2.55. The highest BCUT2D eigenvalue weighted by Crippen LogP contribution is 2.26. The van der Waals surface area contributed by atoms with Crippen molar-refractivity contribution in [3.05, 3.63) is 30.1 Å². The Labute approximate surface area is 150 Å². The van der Waals surface area contributed by atoms with Crippen LogP contribution in [0.1, 0.15) is 19.3 Å². The Balaban J connectivity index is 1.86. The highest BCUT2D eigenvalue weighted by molar-refractivity contribution is 7.89. The van der Waals surface area contributed by atoms with Gasteiger partial charge in [-0.05, 0) is 30.7 Å². The topological polar surface area (TPSA) is 95.0 Å². The zero-order chi connectivity index (χ0) is 19.5. The molecule has 0 aromatic heterocycles. The van der Waals surface area contributed by atoms with Gasteiger partial charge in [-0.15, -0.1) is 0 Å². The minimum absolute atomic E-state index is 0.0192. The number of halogens is 2. The maximum Gasteiger partial charge on any atom is 0.343 e. The first-order valence-electron chi connectivity index (χ1n) is 7.98. The van der Waals surface area contributed by atoms with Crippen LogP contribution in [0, 0.1) is 5.82 Å². The van der Waals surface area contributed by atoms with Gasteiger partial charge in [0.1, 0.15) is 5.82 Å². The van der Waals surface area contributed by atoms with Gasteiger partial charge >= 0.3 is 5.97 Å². The average molecular weight is 390 g/mol. The molecule has 0 bridgehead atoms. The second-order valence-electron chi connectivity index (χ2n) is 6.22. The summed E-state index contributed by atoms with van der Waals surface area (Å²) in [6.07, 6.45) is -0.0927. The smallest absolute Gasteiger partial charge is 0.343 e. The van der Waals surface area contributed by atoms with Gasteiger partial charge in [-0.3, -0.25) is 4.79 Å². The van der Waals surface area contributed by atoms with E-state index >= 15 is 0 Å². The lowest BCUT2D eigenvalue weighted by atomic mass is 10.1. The maximum atomic E-state index is 14.0. The number of benzene rings is 1. The van der Waals surface area contributed by atoms with Crippen LogP contribution in [0.25, 0.3) is 0 Å². The number of sulfonamides is 1. The van der Waals surface area contributed by atoms with Crippen LogP contribution in [-0.2, 0) is 19.6 Å². The van der Waals surface area contributed by atoms with Gasteiger partial charge in [0.05, 0.1) is 11.4 Å². The maximum absolute atomic E-state index is 14.0. The van der Waals surface area contributed by atoms with Gasteiger partial charge in [0, 0.05) is 33.0 Å². The molecule has 1 heterocycles. The lowest BCUT2D eigenvalue weighted by Gasteiger charge is -2.19. The Morgan fingerprint density at radius 2 is 1.92 bits per heavy atom. The molecule has 10 heteroatoms. The summed E-state index contributed by atoms with van der Waals surface area (Å²) in [5, 5.41) is 8.83. The number of alkyl halides is 1. The molecule has 1 N–H and O–H groups in total. The first kappa shape index (κ1) is 20.2. The van der Waals surface area contributed by atoms with Gasteiger partial charge in [0.25, 0.3) is 0 Å². The van der Waals surface area contributed by atoms with E-state index in [1.165, 1.54) is 7.05 Å². The second-order valence-corrected chi connectivity index (χ2v) is 8.26. The zero-order valence-corrected chi connectivity index (χ0v) is 15.0. The summed E-state index contributed by atoms with van der Waals surface area (Å²) < 4.78 is 52.6. The van der Waals surface area contributed by atoms with Crippen molar-refractivity contribution < 1.29 is 31.9 Å². The van der Waals surface area contributed by atoms with Gasteiger partial charge in [-0.25, -0.2) is 26.3 Å². The highest BCUT2D eigenvalue weighted by atomic mass is 32.2. The number of carboxylic acid groups (broad SMARTS) is 1. The van der Waals surface area contributed by atoms with Gasteiger partial charge in [0.2, 0.25) is 21.6 Å². The molecule has 1 atom stereocenters. The molecule has 1 aliphatic heterocycles. The molecule has 0 saturated carbocycles. The molecule has 7 nitrogen and oxygen atoms in total. The molecule has 144 valence electrons. The molecule has 1 aromatic carbocycles. The van der Waals surface area contributed by atoms with E-state index in [2.05, 4.69) is 0 Å². The number of amides is 1. The molecule has 1 aromatic rings. The lowest BCUT2D eigenvalue weighted by molar-refractivity contribution is -0.150. The number of carbonyl (C=O) groups excluding carboxylic acids is 1. The summed E-state index contributed by atoms with van der Waals surface area (Å²) in [6, 6.07) is 4.40. The molecule has 1 saturated heterocycles. The van der Waals surface area contributed by atoms with Crippen LogP contribution < -0.4 is 0 Å². The Hall–Kier alpha value is -2.07. The largest absolute Gasteiger partial charge is 0.479 e. The molecule has 2 rings (SSSR count). The van der Waals surface area contributed by atoms with Crippen molar-refractivity contribution in [2.24, 2.45) is 0 Å². The fraction of sp³-hybridized carbons (Fsp3) is 0.500. The molecular formula is C16H20F2N2O5S. The van der Waals surface area contributed by atoms with Crippen LogP contribution in [0.15, 0.2) is 29.2 Å². The zero-order valence-electron chi connectivity index (χ0n) is 14.2. The minimum atomic E-state index is -3.80. The number of carbonyl (C=O) groups is 2. The second kappa shape index (κ2) is 7.67. The Kier molecular flexibility index (Phi) is 5.97. The molecule has 26 heavy (non-hydrogen) atoms. The Morgan fingerprint density at radius 1 is 1.31 bits per heavy atom. The number of likely N-dealkylation sites (tertiary alicyclic amines) is 1. The molecule has 1 amide bonds. The van der Waals surface area contributed by atoms with Crippen LogP contribution in [0.2, 0.25) is 0 Å². The minimum Gasteiger partial charge on any atom is -0.479 e. The molecular weight excluding hydrogens is 370 g/mol. The third-order valence-corrected chi connectivity index (χ3v) is 6.21. The van der Waals surface area contributed by atoms with Crippen LogP contribution in [0.4, 0.5) is 8.78 Å². The average Bonchev–Trinajstić information content (AvgIpc) is 2.99. The molecule has 1 unspecified atom stereocenters. The number of hydrogen-bond acceptors (Lipinski definition) is 4. The van der Waals surface area contributed by atoms with Gasteiger partial charge in [-0.1, -0.05) is 0 Å². The van der Waals surface area contributed by atoms with E-state index in [-0.39, 0.29) is 37.2 Å². The number of aliphatic carboxylic acids is 1. The number of carboxylic acids is 1. The summed E-state index contributed by atoms with van der Waals surface area (Å²) in [4.78, 5) is 24.0. The van der Waals surface area contributed by atoms with Crippen molar-refractivity contribution >= 4 is 21.9 Å². The lowest BCUT2D eigenvalue weighted by Crippen LogP contribution is -2.39. The fourth-order valence-electron chi connectivity index (χ4n) is 2.68. The first-order chi connectivity index (χ1) is 12.1. The van der Waals surface area contributed by atoms with E-state index in [0.717, 1.165) is 33.5 Å². The molecule has 0 radical (unpaired) electrons. The van der Waals surface area contributed by atoms with E-state index in [9.17, 15) is 26.8 Å². The molecule has 1 aliphatic rings. The van der Waals surface area contributed by atoms with E-state index in [0.29, 0.717) is 0 Å². The monoisotopic (exact) mass is 390 g/mol. The molecule has 1 fully saturated rings. The summed E-state index contributed by atoms with van der Waals surface area (Å²) in [7, 11) is -2.46. The third kappa shape index (κ3) is 4.36. The van der Waals surface area contributed by atoms with Crippen molar-refractivity contribution in [2.45, 2.75) is 29.8 Å². The fourth-order valence-corrected chi connectivity index (χ4v) is 3.89. The van der Waals surface area contributed by atoms with Crippen LogP contribution in [-0.4, -0.2) is 67.0 Å². The van der Waals surface area contributed by atoms with Crippen LogP contribution >= 0.6 is 0 Å². The third-order valence-electron chi connectivity index (χ3n) is 4.34. The van der Waals surface area contributed by atoms with Gasteiger partial charge < -0.3 is 10.0 Å². The highest BCUT2D eigenvalue weighted by Gasteiger charge is 2.46. The van der Waals surface area contributed by atoms with Crippen LogP contribution in [0.5, 0.6) is 0 Å². The Morgan fingerprint density at radius 3 is 2.46 bits per heavy atom. The van der Waals surface area contributed by atoms with Crippen molar-refractivity contribution in [3.63, 3.8) is 0 Å². The predicted molar refractivity (Wildman–Crippen MR) is 88.1 cm³/mol. The quantitative estimate of drug-likeness (QED) is 0.756. The van der Waals surface area contributed by atoms with Crippen molar-refractivity contribution in [1.29, 1.82) is 0 Å². The first-order valence-corrected chi connectivity index (χ1v) is 9.42. The van der Waals surface area contributed by atoms with E-state index in [4.69, 9.17) is 5.11 Å². The number of nitrogens with zero attached hydrogens (tertiary/aromatic N) is 2. The van der Waals surface area contributed by atoms with E-state index in [1.807, 2.05) is 0 Å². The van der Waals surface area contributed by atoms with Gasteiger partial charge in [0.15, 0.2) is 0 Å². The molecule has 0 spiro atoms. The van der Waals surface area contributed by atoms with E-state index in [1.54, 1.807) is 0 Å². The van der Waals surface area contributed by atoms with Gasteiger partial charge in [-0.2, -0.15) is 0 Å². The normalized spacial score (nSPS) is 20.5. The number of hydrogen-bond donors (Lipinski definition) is 1.